The smallest absolute Gasteiger partial charge is 0.156 e. The van der Waals surface area contributed by atoms with Crippen LogP contribution in [0.15, 0.2) is 0 Å². The number of rotatable bonds is 1. The molecule has 0 radical (unpaired) electrons. The highest BCUT2D eigenvalue weighted by molar-refractivity contribution is 8.78. The summed E-state index contributed by atoms with van der Waals surface area (Å²) in [6.07, 6.45) is 7.77. The van der Waals surface area contributed by atoms with Gasteiger partial charge in [0.15, 0.2) is 4.08 Å². The molecule has 2 atom stereocenters. The first-order chi connectivity index (χ1) is 8.80. The summed E-state index contributed by atoms with van der Waals surface area (Å²) < 4.78 is 24.6. The Morgan fingerprint density at radius 3 is 1.47 bits per heavy atom. The molecule has 19 heavy (non-hydrogen) atoms. The van der Waals surface area contributed by atoms with Gasteiger partial charge in [0.05, 0.1) is 0 Å². The van der Waals surface area contributed by atoms with Gasteiger partial charge < -0.3 is 0 Å². The Balaban J connectivity index is 1.83. The third-order valence-corrected chi connectivity index (χ3v) is 12.0. The van der Waals surface area contributed by atoms with E-state index in [9.17, 15) is 8.42 Å². The summed E-state index contributed by atoms with van der Waals surface area (Å²) in [6.45, 7) is 6.48. The molecule has 4 aliphatic carbocycles. The van der Waals surface area contributed by atoms with Crippen molar-refractivity contribution >= 4 is 19.7 Å². The van der Waals surface area contributed by atoms with Crippen molar-refractivity contribution in [3.8, 4) is 0 Å². The minimum atomic E-state index is -1.11. The summed E-state index contributed by atoms with van der Waals surface area (Å²) in [7, 11) is -2.22. The molecular formula is C15H24O2S2. The van der Waals surface area contributed by atoms with Gasteiger partial charge in [-0.15, -0.1) is 0 Å². The second-order valence-electron chi connectivity index (χ2n) is 8.53. The van der Waals surface area contributed by atoms with Crippen molar-refractivity contribution in [1.82, 2.24) is 0 Å². The third kappa shape index (κ3) is 1.38. The Hall–Kier alpha value is 0.300. The van der Waals surface area contributed by atoms with Gasteiger partial charge in [-0.2, -0.15) is 0 Å². The van der Waals surface area contributed by atoms with Crippen LogP contribution in [0.4, 0.5) is 0 Å². The van der Waals surface area contributed by atoms with E-state index in [-0.39, 0.29) is 10.8 Å². The van der Waals surface area contributed by atoms with E-state index in [1.165, 1.54) is 38.5 Å². The van der Waals surface area contributed by atoms with Gasteiger partial charge in [0, 0.05) is 5.41 Å². The predicted octanol–water partition coefficient (Wildman–Crippen LogP) is 3.37. The minimum Gasteiger partial charge on any atom is -0.244 e. The van der Waals surface area contributed by atoms with Crippen molar-refractivity contribution in [1.29, 1.82) is 0 Å². The Kier molecular flexibility index (Phi) is 2.43. The Labute approximate surface area is 120 Å². The van der Waals surface area contributed by atoms with Crippen LogP contribution in [0.3, 0.4) is 0 Å². The molecule has 5 rings (SSSR count). The van der Waals surface area contributed by atoms with Gasteiger partial charge in [0.25, 0.3) is 0 Å². The fraction of sp³-hybridized carbons (Fsp3) is 1.00. The lowest BCUT2D eigenvalue weighted by Crippen LogP contribution is -2.57. The third-order valence-electron chi connectivity index (χ3n) is 6.30. The van der Waals surface area contributed by atoms with Crippen LogP contribution in [0, 0.1) is 28.6 Å². The summed E-state index contributed by atoms with van der Waals surface area (Å²) in [5.41, 5.74) is 0.0319. The quantitative estimate of drug-likeness (QED) is 0.549. The van der Waals surface area contributed by atoms with Crippen LogP contribution in [0.25, 0.3) is 0 Å². The molecule has 5 aliphatic rings. The van der Waals surface area contributed by atoms with Crippen molar-refractivity contribution in [2.75, 3.05) is 0 Å². The maximum Gasteiger partial charge on any atom is 0.156 e. The number of hydrogen-bond donors (Lipinski definition) is 0. The molecule has 2 nitrogen and oxygen atoms in total. The van der Waals surface area contributed by atoms with E-state index in [1.54, 1.807) is 0 Å². The van der Waals surface area contributed by atoms with Crippen molar-refractivity contribution in [2.24, 2.45) is 28.6 Å². The van der Waals surface area contributed by atoms with Crippen LogP contribution in [-0.2, 0) is 19.7 Å². The molecule has 1 saturated heterocycles. The summed E-state index contributed by atoms with van der Waals surface area (Å²) in [5, 5.41) is 0. The number of hydrogen-bond acceptors (Lipinski definition) is 2. The van der Waals surface area contributed by atoms with E-state index in [2.05, 4.69) is 20.8 Å². The van der Waals surface area contributed by atoms with Crippen LogP contribution >= 0.6 is 0 Å². The molecule has 4 heteroatoms. The van der Waals surface area contributed by atoms with Crippen LogP contribution in [0.1, 0.15) is 59.3 Å². The Bertz CT molecular complexity index is 440. The van der Waals surface area contributed by atoms with Crippen molar-refractivity contribution < 1.29 is 8.42 Å². The summed E-state index contributed by atoms with van der Waals surface area (Å²) in [5.74, 6) is 2.50. The molecule has 4 bridgehead atoms. The molecule has 108 valence electrons. The van der Waals surface area contributed by atoms with E-state index in [4.69, 9.17) is 0 Å². The van der Waals surface area contributed by atoms with Gasteiger partial charge in [-0.05, 0) is 61.7 Å². The standard InChI is InChI=1S/C15H24O2S2/c1-13(2,3)15(18(16)19(15)17)14-7-10-4-11(8-14)6-12(5-10)9-14/h10-12H,4-9H2,1-3H3/t10?,11?,12?,14?,18-,19-/m1/s1. The van der Waals surface area contributed by atoms with Crippen LogP contribution < -0.4 is 0 Å². The first kappa shape index (κ1) is 13.0. The fourth-order valence-corrected chi connectivity index (χ4v) is 12.8. The second-order valence-corrected chi connectivity index (χ2v) is 12.8. The predicted molar refractivity (Wildman–Crippen MR) is 79.1 cm³/mol. The highest BCUT2D eigenvalue weighted by atomic mass is 33.2. The molecule has 0 aromatic carbocycles. The van der Waals surface area contributed by atoms with Crippen LogP contribution in [0.2, 0.25) is 0 Å². The molecule has 0 aromatic heterocycles. The van der Waals surface area contributed by atoms with E-state index in [1.807, 2.05) is 0 Å². The van der Waals surface area contributed by atoms with E-state index in [0.717, 1.165) is 17.8 Å². The fourth-order valence-electron chi connectivity index (χ4n) is 6.31. The average Bonchev–Trinajstić information content (AvgIpc) is 2.80. The van der Waals surface area contributed by atoms with Crippen LogP contribution in [0.5, 0.6) is 0 Å². The molecule has 0 N–H and O–H groups in total. The molecular weight excluding hydrogens is 276 g/mol. The van der Waals surface area contributed by atoms with Crippen molar-refractivity contribution in [2.45, 2.75) is 63.4 Å². The maximum atomic E-state index is 12.5. The van der Waals surface area contributed by atoms with Gasteiger partial charge in [-0.25, -0.2) is 8.42 Å². The molecule has 0 spiro atoms. The van der Waals surface area contributed by atoms with Gasteiger partial charge >= 0.3 is 0 Å². The lowest BCUT2D eigenvalue weighted by Gasteiger charge is -2.60. The molecule has 0 unspecified atom stereocenters. The largest absolute Gasteiger partial charge is 0.244 e. The lowest BCUT2D eigenvalue weighted by atomic mass is 9.47. The van der Waals surface area contributed by atoms with Gasteiger partial charge in [0.1, 0.15) is 19.7 Å². The zero-order chi connectivity index (χ0) is 13.6. The molecule has 1 heterocycles. The highest BCUT2D eigenvalue weighted by Crippen LogP contribution is 2.74. The zero-order valence-corrected chi connectivity index (χ0v) is 13.7. The van der Waals surface area contributed by atoms with Crippen molar-refractivity contribution in [3.63, 3.8) is 0 Å². The topological polar surface area (TPSA) is 34.1 Å². The second kappa shape index (κ2) is 3.55. The monoisotopic (exact) mass is 300 g/mol. The van der Waals surface area contributed by atoms with Crippen LogP contribution in [-0.4, -0.2) is 12.5 Å². The molecule has 0 amide bonds. The minimum absolute atomic E-state index is 0.103. The van der Waals surface area contributed by atoms with E-state index >= 15 is 0 Å². The Morgan fingerprint density at radius 2 is 1.21 bits per heavy atom. The van der Waals surface area contributed by atoms with E-state index in [0.29, 0.717) is 0 Å². The van der Waals surface area contributed by atoms with Gasteiger partial charge in [-0.3, -0.25) is 0 Å². The van der Waals surface area contributed by atoms with E-state index < -0.39 is 23.7 Å². The SMILES string of the molecule is CC(C)(C)C1(C23CC4CC(CC(C4)C2)C3)[S@](=O)[S@]1=O. The first-order valence-corrected chi connectivity index (χ1v) is 10.5. The summed E-state index contributed by atoms with van der Waals surface area (Å²) >= 11 is 0. The summed E-state index contributed by atoms with van der Waals surface area (Å²) in [4.78, 5) is 0. The zero-order valence-electron chi connectivity index (χ0n) is 12.1. The van der Waals surface area contributed by atoms with Gasteiger partial charge in [-0.1, -0.05) is 20.8 Å². The molecule has 0 aromatic rings. The summed E-state index contributed by atoms with van der Waals surface area (Å²) in [6, 6.07) is 0. The van der Waals surface area contributed by atoms with Crippen molar-refractivity contribution in [3.05, 3.63) is 0 Å². The Morgan fingerprint density at radius 1 is 0.842 bits per heavy atom. The molecule has 4 saturated carbocycles. The molecule has 1 aliphatic heterocycles. The first-order valence-electron chi connectivity index (χ1n) is 7.64. The maximum absolute atomic E-state index is 12.5. The van der Waals surface area contributed by atoms with Gasteiger partial charge in [0.2, 0.25) is 0 Å². The average molecular weight is 300 g/mol. The molecule has 5 fully saturated rings. The highest BCUT2D eigenvalue weighted by Gasteiger charge is 2.80. The normalized spacial score (nSPS) is 59.4. The lowest BCUT2D eigenvalue weighted by molar-refractivity contribution is -0.0738.